The summed E-state index contributed by atoms with van der Waals surface area (Å²) in [6.07, 6.45) is 6.01. The van der Waals surface area contributed by atoms with Crippen molar-refractivity contribution in [1.29, 1.82) is 0 Å². The van der Waals surface area contributed by atoms with E-state index < -0.39 is 5.97 Å². The second kappa shape index (κ2) is 12.0. The standard InChI is InChI=1S/C14H27NO4/c1-2-3-4-7-10-15(11-12-16)13(17)8-5-6-9-14(18)19/h16H,2-12H2,1H3,(H,18,19). The SMILES string of the molecule is CCCCCCN(CCO)C(=O)CCCCC(=O)O. The first kappa shape index (κ1) is 17.9. The van der Waals surface area contributed by atoms with E-state index in [4.69, 9.17) is 10.2 Å². The third kappa shape index (κ3) is 10.5. The van der Waals surface area contributed by atoms with Crippen molar-refractivity contribution < 1.29 is 19.8 Å². The van der Waals surface area contributed by atoms with Gasteiger partial charge in [0.2, 0.25) is 5.91 Å². The van der Waals surface area contributed by atoms with E-state index in [9.17, 15) is 9.59 Å². The molecule has 0 heterocycles. The number of rotatable bonds is 12. The maximum Gasteiger partial charge on any atom is 0.303 e. The summed E-state index contributed by atoms with van der Waals surface area (Å²) in [5, 5.41) is 17.5. The highest BCUT2D eigenvalue weighted by atomic mass is 16.4. The van der Waals surface area contributed by atoms with E-state index in [0.29, 0.717) is 32.4 Å². The molecule has 112 valence electrons. The number of nitrogens with zero attached hydrogens (tertiary/aromatic N) is 1. The summed E-state index contributed by atoms with van der Waals surface area (Å²) in [5.74, 6) is -0.796. The lowest BCUT2D eigenvalue weighted by Crippen LogP contribution is -2.34. The van der Waals surface area contributed by atoms with Gasteiger partial charge in [0.25, 0.3) is 0 Å². The van der Waals surface area contributed by atoms with Crippen molar-refractivity contribution in [1.82, 2.24) is 4.90 Å². The zero-order valence-corrected chi connectivity index (χ0v) is 11.9. The lowest BCUT2D eigenvalue weighted by molar-refractivity contribution is -0.137. The molecule has 5 heteroatoms. The molecule has 0 saturated heterocycles. The van der Waals surface area contributed by atoms with Gasteiger partial charge in [0.05, 0.1) is 6.61 Å². The van der Waals surface area contributed by atoms with Crippen molar-refractivity contribution in [2.75, 3.05) is 19.7 Å². The number of hydrogen-bond acceptors (Lipinski definition) is 3. The summed E-state index contributed by atoms with van der Waals surface area (Å²) < 4.78 is 0. The van der Waals surface area contributed by atoms with E-state index in [1.165, 1.54) is 6.42 Å². The number of unbranched alkanes of at least 4 members (excludes halogenated alkanes) is 4. The smallest absolute Gasteiger partial charge is 0.303 e. The van der Waals surface area contributed by atoms with Gasteiger partial charge in [-0.1, -0.05) is 26.2 Å². The van der Waals surface area contributed by atoms with Gasteiger partial charge in [-0.2, -0.15) is 0 Å². The summed E-state index contributed by atoms with van der Waals surface area (Å²) in [6.45, 7) is 3.19. The van der Waals surface area contributed by atoms with Gasteiger partial charge >= 0.3 is 5.97 Å². The Bertz CT molecular complexity index is 256. The van der Waals surface area contributed by atoms with Crippen LogP contribution >= 0.6 is 0 Å². The van der Waals surface area contributed by atoms with Crippen LogP contribution in [0, 0.1) is 0 Å². The molecule has 19 heavy (non-hydrogen) atoms. The number of carbonyl (C=O) groups is 2. The van der Waals surface area contributed by atoms with Gasteiger partial charge < -0.3 is 15.1 Å². The maximum absolute atomic E-state index is 11.9. The van der Waals surface area contributed by atoms with E-state index in [0.717, 1.165) is 19.3 Å². The van der Waals surface area contributed by atoms with Crippen molar-refractivity contribution in [3.05, 3.63) is 0 Å². The molecule has 0 saturated carbocycles. The first-order chi connectivity index (χ1) is 9.11. The van der Waals surface area contributed by atoms with Crippen molar-refractivity contribution in [2.45, 2.75) is 58.3 Å². The molecule has 5 nitrogen and oxygen atoms in total. The van der Waals surface area contributed by atoms with Gasteiger partial charge in [-0.15, -0.1) is 0 Å². The van der Waals surface area contributed by atoms with Gasteiger partial charge in [-0.25, -0.2) is 0 Å². The van der Waals surface area contributed by atoms with Crippen LogP contribution in [-0.2, 0) is 9.59 Å². The Kier molecular flexibility index (Phi) is 11.3. The molecule has 0 aliphatic carbocycles. The van der Waals surface area contributed by atoms with Gasteiger partial charge in [-0.05, 0) is 19.3 Å². The summed E-state index contributed by atoms with van der Waals surface area (Å²) in [5.41, 5.74) is 0. The minimum absolute atomic E-state index is 0.0192. The Morgan fingerprint density at radius 2 is 1.63 bits per heavy atom. The fourth-order valence-electron chi connectivity index (χ4n) is 1.92. The predicted octanol–water partition coefficient (Wildman–Crippen LogP) is 2.03. The summed E-state index contributed by atoms with van der Waals surface area (Å²) in [4.78, 5) is 24.0. The van der Waals surface area contributed by atoms with Crippen LogP contribution in [0.4, 0.5) is 0 Å². The molecule has 0 fully saturated rings. The quantitative estimate of drug-likeness (QED) is 0.533. The number of hydrogen-bond donors (Lipinski definition) is 2. The molecule has 0 aromatic heterocycles. The second-order valence-electron chi connectivity index (χ2n) is 4.77. The number of aliphatic carboxylic acids is 1. The third-order valence-electron chi connectivity index (χ3n) is 3.04. The fraction of sp³-hybridized carbons (Fsp3) is 0.857. The number of aliphatic hydroxyl groups excluding tert-OH is 1. The van der Waals surface area contributed by atoms with Crippen molar-refractivity contribution >= 4 is 11.9 Å². The van der Waals surface area contributed by atoms with Crippen molar-refractivity contribution in [2.24, 2.45) is 0 Å². The number of aliphatic hydroxyl groups is 1. The summed E-state index contributed by atoms with van der Waals surface area (Å²) >= 11 is 0. The molecule has 0 aliphatic rings. The first-order valence-electron chi connectivity index (χ1n) is 7.22. The largest absolute Gasteiger partial charge is 0.481 e. The molecule has 0 bridgehead atoms. The van der Waals surface area contributed by atoms with Crippen LogP contribution in [0.1, 0.15) is 58.3 Å². The van der Waals surface area contributed by atoms with Gasteiger partial charge in [0, 0.05) is 25.9 Å². The van der Waals surface area contributed by atoms with Crippen LogP contribution in [0.25, 0.3) is 0 Å². The van der Waals surface area contributed by atoms with Gasteiger partial charge in [0.15, 0.2) is 0 Å². The van der Waals surface area contributed by atoms with Crippen LogP contribution in [0.15, 0.2) is 0 Å². The highest BCUT2D eigenvalue weighted by molar-refractivity contribution is 5.76. The monoisotopic (exact) mass is 273 g/mol. The Morgan fingerprint density at radius 1 is 0.947 bits per heavy atom. The van der Waals surface area contributed by atoms with E-state index >= 15 is 0 Å². The minimum atomic E-state index is -0.820. The molecule has 0 atom stereocenters. The number of amides is 1. The average Bonchev–Trinajstić information content (AvgIpc) is 2.38. The summed E-state index contributed by atoms with van der Waals surface area (Å²) in [7, 11) is 0. The van der Waals surface area contributed by atoms with Crippen LogP contribution in [0.2, 0.25) is 0 Å². The van der Waals surface area contributed by atoms with Crippen LogP contribution in [0.5, 0.6) is 0 Å². The maximum atomic E-state index is 11.9. The molecule has 0 radical (unpaired) electrons. The second-order valence-corrected chi connectivity index (χ2v) is 4.77. The highest BCUT2D eigenvalue weighted by Crippen LogP contribution is 2.06. The molecule has 0 unspecified atom stereocenters. The zero-order valence-electron chi connectivity index (χ0n) is 11.9. The van der Waals surface area contributed by atoms with Crippen molar-refractivity contribution in [3.8, 4) is 0 Å². The number of carboxylic acid groups (broad SMARTS) is 1. The number of carboxylic acids is 1. The molecule has 0 spiro atoms. The van der Waals surface area contributed by atoms with Gasteiger partial charge in [-0.3, -0.25) is 9.59 Å². The first-order valence-corrected chi connectivity index (χ1v) is 7.22. The molecular formula is C14H27NO4. The minimum Gasteiger partial charge on any atom is -0.481 e. The molecule has 1 amide bonds. The van der Waals surface area contributed by atoms with Crippen LogP contribution < -0.4 is 0 Å². The normalized spacial score (nSPS) is 10.4. The molecule has 0 aromatic rings. The number of carbonyl (C=O) groups excluding carboxylic acids is 1. The molecule has 2 N–H and O–H groups in total. The molecule has 0 rings (SSSR count). The molecular weight excluding hydrogens is 246 g/mol. The highest BCUT2D eigenvalue weighted by Gasteiger charge is 2.12. The lowest BCUT2D eigenvalue weighted by atomic mass is 10.1. The fourth-order valence-corrected chi connectivity index (χ4v) is 1.92. The Labute approximate surface area is 115 Å². The average molecular weight is 273 g/mol. The Hall–Kier alpha value is -1.10. The zero-order chi connectivity index (χ0) is 14.5. The van der Waals surface area contributed by atoms with Crippen molar-refractivity contribution in [3.63, 3.8) is 0 Å². The Morgan fingerprint density at radius 3 is 2.21 bits per heavy atom. The van der Waals surface area contributed by atoms with E-state index in [1.54, 1.807) is 4.90 Å². The van der Waals surface area contributed by atoms with E-state index in [1.807, 2.05) is 0 Å². The summed E-state index contributed by atoms with van der Waals surface area (Å²) in [6, 6.07) is 0. The van der Waals surface area contributed by atoms with E-state index in [-0.39, 0.29) is 18.9 Å². The van der Waals surface area contributed by atoms with Crippen LogP contribution in [0.3, 0.4) is 0 Å². The topological polar surface area (TPSA) is 77.8 Å². The Balaban J connectivity index is 3.86. The van der Waals surface area contributed by atoms with E-state index in [2.05, 4.69) is 6.92 Å². The molecule has 0 aliphatic heterocycles. The molecule has 0 aromatic carbocycles. The third-order valence-corrected chi connectivity index (χ3v) is 3.04. The predicted molar refractivity (Wildman–Crippen MR) is 73.9 cm³/mol. The van der Waals surface area contributed by atoms with Crippen LogP contribution in [-0.4, -0.2) is 46.7 Å². The van der Waals surface area contributed by atoms with Gasteiger partial charge in [0.1, 0.15) is 0 Å². The lowest BCUT2D eigenvalue weighted by Gasteiger charge is -2.21.